The van der Waals surface area contributed by atoms with Crippen molar-refractivity contribution < 1.29 is 4.39 Å². The first-order valence-electron chi connectivity index (χ1n) is 4.28. The molecule has 0 bridgehead atoms. The maximum Gasteiger partial charge on any atom is 0.160 e. The van der Waals surface area contributed by atoms with Gasteiger partial charge in [-0.2, -0.15) is 0 Å². The second-order valence-electron chi connectivity index (χ2n) is 3.66. The van der Waals surface area contributed by atoms with Gasteiger partial charge in [0.1, 0.15) is 0 Å². The van der Waals surface area contributed by atoms with Gasteiger partial charge in [-0.3, -0.25) is 0 Å². The predicted octanol–water partition coefficient (Wildman–Crippen LogP) is 1.05. The van der Waals surface area contributed by atoms with Crippen LogP contribution in [0.5, 0.6) is 0 Å². The van der Waals surface area contributed by atoms with Gasteiger partial charge in [0, 0.05) is 12.1 Å². The van der Waals surface area contributed by atoms with Crippen LogP contribution in [0.15, 0.2) is 6.20 Å². The first-order chi connectivity index (χ1) is 5.96. The molecular weight excluding hydrogens is 171 g/mol. The van der Waals surface area contributed by atoms with Crippen LogP contribution in [0, 0.1) is 0 Å². The molecule has 1 rings (SSSR count). The first kappa shape index (κ1) is 10.1. The van der Waals surface area contributed by atoms with Gasteiger partial charge in [-0.05, 0) is 20.8 Å². The summed E-state index contributed by atoms with van der Waals surface area (Å²) < 4.78 is 15.2. The highest BCUT2D eigenvalue weighted by Crippen LogP contribution is 2.26. The smallest absolute Gasteiger partial charge is 0.160 e. The molecule has 1 unspecified atom stereocenters. The average molecular weight is 186 g/mol. The molecule has 1 aromatic rings. The number of aryl methyl sites for hydroxylation is 1. The zero-order chi connectivity index (χ0) is 10.1. The van der Waals surface area contributed by atoms with Crippen LogP contribution in [0.2, 0.25) is 0 Å². The van der Waals surface area contributed by atoms with Crippen LogP contribution in [-0.2, 0) is 6.54 Å². The van der Waals surface area contributed by atoms with E-state index in [1.54, 1.807) is 13.8 Å². The van der Waals surface area contributed by atoms with Crippen molar-refractivity contribution in [1.82, 2.24) is 15.0 Å². The fourth-order valence-corrected chi connectivity index (χ4v) is 1.09. The molecule has 0 aliphatic carbocycles. The van der Waals surface area contributed by atoms with E-state index in [1.165, 1.54) is 10.9 Å². The highest BCUT2D eigenvalue weighted by Gasteiger charge is 2.29. The molecule has 0 amide bonds. The maximum absolute atomic E-state index is 13.7. The van der Waals surface area contributed by atoms with Crippen LogP contribution < -0.4 is 5.73 Å². The van der Waals surface area contributed by atoms with Gasteiger partial charge in [0.2, 0.25) is 0 Å². The molecule has 0 saturated carbocycles. The lowest BCUT2D eigenvalue weighted by Crippen LogP contribution is -2.38. The number of nitrogens with zero attached hydrogens (tertiary/aromatic N) is 3. The third kappa shape index (κ3) is 2.03. The lowest BCUT2D eigenvalue weighted by Gasteiger charge is -2.23. The Kier molecular flexibility index (Phi) is 2.66. The van der Waals surface area contributed by atoms with E-state index in [1.807, 2.05) is 6.92 Å². The Morgan fingerprint density at radius 2 is 2.31 bits per heavy atom. The molecule has 0 radical (unpaired) electrons. The van der Waals surface area contributed by atoms with Crippen LogP contribution >= 0.6 is 0 Å². The van der Waals surface area contributed by atoms with Crippen molar-refractivity contribution >= 4 is 0 Å². The SMILES string of the molecule is CCn1nncc1C(F)C(C)(C)N. The molecule has 0 saturated heterocycles. The van der Waals surface area contributed by atoms with Gasteiger partial charge in [0.05, 0.1) is 11.9 Å². The van der Waals surface area contributed by atoms with Crippen molar-refractivity contribution in [3.63, 3.8) is 0 Å². The molecule has 0 spiro atoms. The second-order valence-corrected chi connectivity index (χ2v) is 3.66. The largest absolute Gasteiger partial charge is 0.323 e. The lowest BCUT2D eigenvalue weighted by molar-refractivity contribution is 0.210. The second kappa shape index (κ2) is 3.41. The van der Waals surface area contributed by atoms with Crippen molar-refractivity contribution in [3.8, 4) is 0 Å². The third-order valence-corrected chi connectivity index (χ3v) is 1.86. The molecule has 0 aromatic carbocycles. The highest BCUT2D eigenvalue weighted by atomic mass is 19.1. The molecule has 1 aromatic heterocycles. The van der Waals surface area contributed by atoms with Gasteiger partial charge in [-0.25, -0.2) is 9.07 Å². The lowest BCUT2D eigenvalue weighted by atomic mass is 9.98. The number of hydrogen-bond acceptors (Lipinski definition) is 3. The molecular formula is C8H15FN4. The van der Waals surface area contributed by atoms with E-state index in [4.69, 9.17) is 5.73 Å². The molecule has 0 fully saturated rings. The Morgan fingerprint density at radius 1 is 1.69 bits per heavy atom. The van der Waals surface area contributed by atoms with Crippen LogP contribution in [0.4, 0.5) is 4.39 Å². The number of aromatic nitrogens is 3. The minimum atomic E-state index is -1.23. The van der Waals surface area contributed by atoms with Gasteiger partial charge in [-0.1, -0.05) is 5.21 Å². The van der Waals surface area contributed by atoms with Crippen molar-refractivity contribution in [2.75, 3.05) is 0 Å². The van der Waals surface area contributed by atoms with Gasteiger partial charge in [-0.15, -0.1) is 5.10 Å². The Labute approximate surface area is 76.9 Å². The van der Waals surface area contributed by atoms with E-state index >= 15 is 0 Å². The van der Waals surface area contributed by atoms with Gasteiger partial charge in [0.25, 0.3) is 0 Å². The Morgan fingerprint density at radius 3 is 2.77 bits per heavy atom. The maximum atomic E-state index is 13.7. The molecule has 0 aliphatic heterocycles. The zero-order valence-electron chi connectivity index (χ0n) is 8.16. The van der Waals surface area contributed by atoms with Crippen molar-refractivity contribution in [2.45, 2.75) is 39.0 Å². The topological polar surface area (TPSA) is 56.7 Å². The van der Waals surface area contributed by atoms with E-state index in [0.29, 0.717) is 12.2 Å². The minimum absolute atomic E-state index is 0.440. The van der Waals surface area contributed by atoms with Gasteiger partial charge in [0.15, 0.2) is 6.17 Å². The number of alkyl halides is 1. The third-order valence-electron chi connectivity index (χ3n) is 1.86. The molecule has 13 heavy (non-hydrogen) atoms. The molecule has 1 atom stereocenters. The average Bonchev–Trinajstić information content (AvgIpc) is 2.48. The first-order valence-corrected chi connectivity index (χ1v) is 4.28. The monoisotopic (exact) mass is 186 g/mol. The summed E-state index contributed by atoms with van der Waals surface area (Å²) in [5.41, 5.74) is 5.20. The van der Waals surface area contributed by atoms with E-state index in [2.05, 4.69) is 10.3 Å². The van der Waals surface area contributed by atoms with E-state index in [9.17, 15) is 4.39 Å². The molecule has 1 heterocycles. The Hall–Kier alpha value is -0.970. The predicted molar refractivity (Wildman–Crippen MR) is 47.8 cm³/mol. The van der Waals surface area contributed by atoms with E-state index < -0.39 is 11.7 Å². The normalized spacial score (nSPS) is 14.5. The quantitative estimate of drug-likeness (QED) is 0.767. The minimum Gasteiger partial charge on any atom is -0.323 e. The zero-order valence-corrected chi connectivity index (χ0v) is 8.16. The summed E-state index contributed by atoms with van der Waals surface area (Å²) in [5.74, 6) is 0. The standard InChI is InChI=1S/C8H15FN4/c1-4-13-6(5-11-12-13)7(9)8(2,3)10/h5,7H,4,10H2,1-3H3. The Bertz CT molecular complexity index is 276. The van der Waals surface area contributed by atoms with E-state index in [0.717, 1.165) is 0 Å². The van der Waals surface area contributed by atoms with Crippen LogP contribution in [0.25, 0.3) is 0 Å². The molecule has 74 valence electrons. The molecule has 4 nitrogen and oxygen atoms in total. The van der Waals surface area contributed by atoms with Gasteiger partial charge < -0.3 is 5.73 Å². The summed E-state index contributed by atoms with van der Waals surface area (Å²) >= 11 is 0. The number of hydrogen-bond donors (Lipinski definition) is 1. The Balaban J connectivity index is 2.94. The summed E-state index contributed by atoms with van der Waals surface area (Å²) in [6.45, 7) is 5.77. The van der Waals surface area contributed by atoms with Gasteiger partial charge >= 0.3 is 0 Å². The summed E-state index contributed by atoms with van der Waals surface area (Å²) in [4.78, 5) is 0. The summed E-state index contributed by atoms with van der Waals surface area (Å²) in [6, 6.07) is 0. The summed E-state index contributed by atoms with van der Waals surface area (Å²) in [6.07, 6.45) is 0.186. The van der Waals surface area contributed by atoms with Crippen LogP contribution in [0.1, 0.15) is 32.6 Å². The number of halogens is 1. The fraction of sp³-hybridized carbons (Fsp3) is 0.750. The summed E-state index contributed by atoms with van der Waals surface area (Å²) in [5, 5.41) is 7.39. The van der Waals surface area contributed by atoms with E-state index in [-0.39, 0.29) is 0 Å². The number of rotatable bonds is 3. The highest BCUT2D eigenvalue weighted by molar-refractivity contribution is 5.06. The molecule has 0 aliphatic rings. The van der Waals surface area contributed by atoms with Crippen LogP contribution in [-0.4, -0.2) is 20.5 Å². The number of nitrogens with two attached hydrogens (primary N) is 1. The van der Waals surface area contributed by atoms with Crippen molar-refractivity contribution in [2.24, 2.45) is 5.73 Å². The summed E-state index contributed by atoms with van der Waals surface area (Å²) in [7, 11) is 0. The van der Waals surface area contributed by atoms with Crippen molar-refractivity contribution in [3.05, 3.63) is 11.9 Å². The molecule has 5 heteroatoms. The fourth-order valence-electron chi connectivity index (χ4n) is 1.09. The van der Waals surface area contributed by atoms with Crippen molar-refractivity contribution in [1.29, 1.82) is 0 Å². The van der Waals surface area contributed by atoms with Crippen LogP contribution in [0.3, 0.4) is 0 Å². The molecule has 2 N–H and O–H groups in total.